The minimum absolute atomic E-state index is 0.751. The van der Waals surface area contributed by atoms with Gasteiger partial charge in [0.15, 0.2) is 0 Å². The van der Waals surface area contributed by atoms with Gasteiger partial charge < -0.3 is 10.6 Å². The van der Waals surface area contributed by atoms with Crippen LogP contribution in [0.5, 0.6) is 0 Å². The first-order valence-corrected chi connectivity index (χ1v) is 8.46. The topological polar surface area (TPSA) is 32.5 Å². The summed E-state index contributed by atoms with van der Waals surface area (Å²) >= 11 is 0. The molecule has 0 unspecified atom stereocenters. The highest BCUT2D eigenvalue weighted by atomic mass is 15.2. The van der Waals surface area contributed by atoms with E-state index in [9.17, 15) is 0 Å². The van der Waals surface area contributed by atoms with Crippen LogP contribution in [0.4, 0.5) is 5.69 Å². The van der Waals surface area contributed by atoms with Gasteiger partial charge in [-0.05, 0) is 55.5 Å². The van der Waals surface area contributed by atoms with E-state index in [1.165, 1.54) is 50.1 Å². The van der Waals surface area contributed by atoms with Crippen LogP contribution in [0.15, 0.2) is 18.2 Å². The molecule has 0 amide bonds. The second-order valence-electron chi connectivity index (χ2n) is 7.13. The zero-order chi connectivity index (χ0) is 14.8. The Morgan fingerprint density at radius 2 is 1.95 bits per heavy atom. The van der Waals surface area contributed by atoms with Gasteiger partial charge in [-0.1, -0.05) is 26.0 Å². The zero-order valence-electron chi connectivity index (χ0n) is 13.5. The van der Waals surface area contributed by atoms with Crippen molar-refractivity contribution in [2.45, 2.75) is 45.7 Å². The highest BCUT2D eigenvalue weighted by Gasteiger charge is 2.27. The molecule has 3 rings (SSSR count). The molecule has 0 bridgehead atoms. The zero-order valence-corrected chi connectivity index (χ0v) is 13.5. The maximum Gasteiger partial charge on any atom is 0.0362 e. The van der Waals surface area contributed by atoms with Crippen molar-refractivity contribution in [3.63, 3.8) is 0 Å². The molecule has 0 aliphatic carbocycles. The maximum absolute atomic E-state index is 6.18. The summed E-state index contributed by atoms with van der Waals surface area (Å²) in [4.78, 5) is 5.30. The molecule has 116 valence electrons. The SMILES string of the molecule is CC(C)CN1CCC(N2CCc3cccc(N)c3C2)CC1. The molecule has 2 heterocycles. The molecule has 2 N–H and O–H groups in total. The van der Waals surface area contributed by atoms with Crippen LogP contribution >= 0.6 is 0 Å². The summed E-state index contributed by atoms with van der Waals surface area (Å²) < 4.78 is 0. The molecular formula is C18H29N3. The quantitative estimate of drug-likeness (QED) is 0.868. The monoisotopic (exact) mass is 287 g/mol. The first-order chi connectivity index (χ1) is 10.1. The summed E-state index contributed by atoms with van der Waals surface area (Å²) in [7, 11) is 0. The minimum atomic E-state index is 0.751. The number of likely N-dealkylation sites (tertiary alicyclic amines) is 1. The summed E-state index contributed by atoms with van der Waals surface area (Å²) in [5.74, 6) is 0.781. The van der Waals surface area contributed by atoms with Gasteiger partial charge >= 0.3 is 0 Å². The molecule has 3 nitrogen and oxygen atoms in total. The van der Waals surface area contributed by atoms with E-state index in [2.05, 4.69) is 35.8 Å². The van der Waals surface area contributed by atoms with Gasteiger partial charge in [-0.15, -0.1) is 0 Å². The van der Waals surface area contributed by atoms with Gasteiger partial charge in [-0.25, -0.2) is 0 Å². The molecule has 0 aromatic heterocycles. The standard InChI is InChI=1S/C18H29N3/c1-14(2)12-20-9-7-16(8-10-20)21-11-6-15-4-3-5-18(19)17(15)13-21/h3-5,14,16H,6-13,19H2,1-2H3. The van der Waals surface area contributed by atoms with E-state index >= 15 is 0 Å². The third-order valence-electron chi connectivity index (χ3n) is 5.04. The molecule has 0 saturated carbocycles. The Kier molecular flexibility index (Phi) is 4.51. The molecule has 21 heavy (non-hydrogen) atoms. The second-order valence-corrected chi connectivity index (χ2v) is 7.13. The number of hydrogen-bond acceptors (Lipinski definition) is 3. The van der Waals surface area contributed by atoms with Crippen molar-refractivity contribution in [2.24, 2.45) is 5.92 Å². The minimum Gasteiger partial charge on any atom is -0.398 e. The fourth-order valence-electron chi connectivity index (χ4n) is 3.92. The van der Waals surface area contributed by atoms with E-state index in [-0.39, 0.29) is 0 Å². The molecular weight excluding hydrogens is 258 g/mol. The number of rotatable bonds is 3. The van der Waals surface area contributed by atoms with Crippen LogP contribution in [-0.4, -0.2) is 42.0 Å². The van der Waals surface area contributed by atoms with Gasteiger partial charge in [0.25, 0.3) is 0 Å². The molecule has 1 aromatic carbocycles. The molecule has 1 fully saturated rings. The Bertz CT molecular complexity index is 475. The number of nitrogen functional groups attached to an aromatic ring is 1. The van der Waals surface area contributed by atoms with Crippen LogP contribution in [0.2, 0.25) is 0 Å². The van der Waals surface area contributed by atoms with E-state index in [1.54, 1.807) is 0 Å². The number of anilines is 1. The number of piperidine rings is 1. The van der Waals surface area contributed by atoms with Crippen LogP contribution in [0.3, 0.4) is 0 Å². The molecule has 3 heteroatoms. The Morgan fingerprint density at radius 1 is 1.19 bits per heavy atom. The molecule has 2 aliphatic rings. The van der Waals surface area contributed by atoms with Crippen molar-refractivity contribution in [1.29, 1.82) is 0 Å². The van der Waals surface area contributed by atoms with Crippen LogP contribution in [0.25, 0.3) is 0 Å². The summed E-state index contributed by atoms with van der Waals surface area (Å²) in [5, 5.41) is 0. The number of benzene rings is 1. The largest absolute Gasteiger partial charge is 0.398 e. The van der Waals surface area contributed by atoms with E-state index in [4.69, 9.17) is 5.73 Å². The van der Waals surface area contributed by atoms with Gasteiger partial charge in [0.05, 0.1) is 0 Å². The van der Waals surface area contributed by atoms with Gasteiger partial charge in [0.1, 0.15) is 0 Å². The fraction of sp³-hybridized carbons (Fsp3) is 0.667. The second kappa shape index (κ2) is 6.37. The van der Waals surface area contributed by atoms with Crippen LogP contribution in [0, 0.1) is 5.92 Å². The van der Waals surface area contributed by atoms with Crippen molar-refractivity contribution < 1.29 is 0 Å². The highest BCUT2D eigenvalue weighted by molar-refractivity contribution is 5.51. The normalized spacial score (nSPS) is 21.7. The lowest BCUT2D eigenvalue weighted by Gasteiger charge is -2.41. The molecule has 2 aliphatic heterocycles. The van der Waals surface area contributed by atoms with E-state index < -0.39 is 0 Å². The van der Waals surface area contributed by atoms with Crippen molar-refractivity contribution in [2.75, 3.05) is 31.9 Å². The molecule has 0 spiro atoms. The average Bonchev–Trinajstić information content (AvgIpc) is 2.48. The molecule has 1 aromatic rings. The number of hydrogen-bond donors (Lipinski definition) is 1. The van der Waals surface area contributed by atoms with Gasteiger partial charge in [0.2, 0.25) is 0 Å². The van der Waals surface area contributed by atoms with Crippen molar-refractivity contribution >= 4 is 5.69 Å². The maximum atomic E-state index is 6.18. The Labute approximate surface area is 129 Å². The first kappa shape index (κ1) is 14.9. The van der Waals surface area contributed by atoms with Crippen molar-refractivity contribution in [3.05, 3.63) is 29.3 Å². The highest BCUT2D eigenvalue weighted by Crippen LogP contribution is 2.28. The van der Waals surface area contributed by atoms with E-state index in [1.807, 2.05) is 6.07 Å². The van der Waals surface area contributed by atoms with Crippen molar-refractivity contribution in [1.82, 2.24) is 9.80 Å². The predicted molar refractivity (Wildman–Crippen MR) is 89.3 cm³/mol. The Balaban J connectivity index is 1.59. The lowest BCUT2D eigenvalue weighted by Crippen LogP contribution is -2.47. The summed E-state index contributed by atoms with van der Waals surface area (Å²) in [5.41, 5.74) is 10.0. The predicted octanol–water partition coefficient (Wildman–Crippen LogP) is 2.75. The van der Waals surface area contributed by atoms with E-state index in [0.29, 0.717) is 0 Å². The number of nitrogens with zero attached hydrogens (tertiary/aromatic N) is 2. The van der Waals surface area contributed by atoms with Gasteiger partial charge in [-0.2, -0.15) is 0 Å². The first-order valence-electron chi connectivity index (χ1n) is 8.46. The van der Waals surface area contributed by atoms with Crippen LogP contribution in [-0.2, 0) is 13.0 Å². The fourth-order valence-corrected chi connectivity index (χ4v) is 3.92. The van der Waals surface area contributed by atoms with Crippen molar-refractivity contribution in [3.8, 4) is 0 Å². The van der Waals surface area contributed by atoms with Gasteiger partial charge in [-0.3, -0.25) is 4.90 Å². The third kappa shape index (κ3) is 3.41. The molecule has 0 atom stereocenters. The Hall–Kier alpha value is -1.06. The van der Waals surface area contributed by atoms with Crippen LogP contribution < -0.4 is 5.73 Å². The molecule has 1 saturated heterocycles. The smallest absolute Gasteiger partial charge is 0.0362 e. The lowest BCUT2D eigenvalue weighted by atomic mass is 9.94. The summed E-state index contributed by atoms with van der Waals surface area (Å²) in [6.07, 6.45) is 3.79. The molecule has 0 radical (unpaired) electrons. The number of fused-ring (bicyclic) bond motifs is 1. The van der Waals surface area contributed by atoms with E-state index in [0.717, 1.165) is 30.6 Å². The number of nitrogens with two attached hydrogens (primary N) is 1. The van der Waals surface area contributed by atoms with Crippen LogP contribution in [0.1, 0.15) is 37.8 Å². The average molecular weight is 287 g/mol. The summed E-state index contributed by atoms with van der Waals surface area (Å²) in [6.45, 7) is 10.7. The third-order valence-corrected chi connectivity index (χ3v) is 5.04. The lowest BCUT2D eigenvalue weighted by molar-refractivity contribution is 0.0928. The van der Waals surface area contributed by atoms with Gasteiger partial charge in [0, 0.05) is 31.4 Å². The summed E-state index contributed by atoms with van der Waals surface area (Å²) in [6, 6.07) is 7.14. The Morgan fingerprint density at radius 3 is 2.67 bits per heavy atom.